The van der Waals surface area contributed by atoms with Crippen LogP contribution in [-0.2, 0) is 0 Å². The van der Waals surface area contributed by atoms with Gasteiger partial charge in [0.2, 0.25) is 0 Å². The van der Waals surface area contributed by atoms with E-state index in [9.17, 15) is 0 Å². The van der Waals surface area contributed by atoms with E-state index >= 15 is 0 Å². The Bertz CT molecular complexity index is 1390. The Labute approximate surface area is 214 Å². The van der Waals surface area contributed by atoms with Crippen LogP contribution in [0.25, 0.3) is 18.3 Å². The zero-order chi connectivity index (χ0) is 23.5. The van der Waals surface area contributed by atoms with Gasteiger partial charge in [-0.2, -0.15) is 0 Å². The van der Waals surface area contributed by atoms with Crippen molar-refractivity contribution in [1.29, 1.82) is 0 Å². The van der Waals surface area contributed by atoms with Gasteiger partial charge in [-0.25, -0.2) is 0 Å². The molecule has 0 fully saturated rings. The molecule has 1 aliphatic heterocycles. The third kappa shape index (κ3) is 4.19. The normalized spacial score (nSPS) is 13.9. The van der Waals surface area contributed by atoms with Gasteiger partial charge >= 0.3 is 216 Å². The van der Waals surface area contributed by atoms with Gasteiger partial charge in [0, 0.05) is 0 Å². The maximum absolute atomic E-state index is 2.62. The molecule has 1 aliphatic rings. The fourth-order valence-corrected chi connectivity index (χ4v) is 14.5. The van der Waals surface area contributed by atoms with Crippen molar-refractivity contribution in [1.82, 2.24) is 0 Å². The van der Waals surface area contributed by atoms with Crippen molar-refractivity contribution >= 4 is 41.7 Å². The molecular weight excluding hydrogens is 527 g/mol. The van der Waals surface area contributed by atoms with Crippen LogP contribution in [0.15, 0.2) is 152 Å². The fraction of sp³-hybridized carbons (Fsp3) is 0. The van der Waals surface area contributed by atoms with Crippen LogP contribution in [0.5, 0.6) is 0 Å². The van der Waals surface area contributed by atoms with Crippen LogP contribution in [-0.4, -0.2) is 19.8 Å². The molecule has 0 bridgehead atoms. The minimum atomic E-state index is -2.62. The zero-order valence-corrected chi connectivity index (χ0v) is 22.3. The summed E-state index contributed by atoms with van der Waals surface area (Å²) in [6.07, 6.45) is 0. The van der Waals surface area contributed by atoms with Crippen molar-refractivity contribution in [2.75, 3.05) is 0 Å². The van der Waals surface area contributed by atoms with E-state index in [4.69, 9.17) is 0 Å². The Morgan fingerprint density at radius 1 is 0.286 bits per heavy atom. The van der Waals surface area contributed by atoms with Crippen molar-refractivity contribution < 1.29 is 0 Å². The van der Waals surface area contributed by atoms with Gasteiger partial charge < -0.3 is 0 Å². The van der Waals surface area contributed by atoms with E-state index in [1.165, 1.54) is 37.0 Å². The first kappa shape index (κ1) is 21.9. The van der Waals surface area contributed by atoms with Crippen LogP contribution in [0.2, 0.25) is 0 Å². The van der Waals surface area contributed by atoms with Gasteiger partial charge in [0.1, 0.15) is 0 Å². The second-order valence-corrected chi connectivity index (χ2v) is 15.3. The molecular formula is C34H25Sn. The molecule has 35 heavy (non-hydrogen) atoms. The SMILES string of the molecule is c1ccc(C2=[C](c3ccccc3)[Sn]([c]3ccccc3)[C](c3ccccc3)=C2c2ccccc2)cc1. The van der Waals surface area contributed by atoms with E-state index < -0.39 is 19.8 Å². The van der Waals surface area contributed by atoms with E-state index in [1.807, 2.05) is 0 Å². The Balaban J connectivity index is 1.77. The van der Waals surface area contributed by atoms with Gasteiger partial charge in [0.05, 0.1) is 0 Å². The Morgan fingerprint density at radius 3 is 0.914 bits per heavy atom. The molecule has 0 N–H and O–H groups in total. The summed E-state index contributed by atoms with van der Waals surface area (Å²) < 4.78 is 4.62. The Morgan fingerprint density at radius 2 is 0.571 bits per heavy atom. The van der Waals surface area contributed by atoms with Gasteiger partial charge in [-0.15, -0.1) is 0 Å². The van der Waals surface area contributed by atoms with Crippen LogP contribution in [0, 0.1) is 0 Å². The third-order valence-corrected chi connectivity index (χ3v) is 15.1. The first-order valence-corrected chi connectivity index (χ1v) is 16.3. The number of benzene rings is 5. The Kier molecular flexibility index (Phi) is 6.21. The quantitative estimate of drug-likeness (QED) is 0.196. The van der Waals surface area contributed by atoms with Crippen LogP contribution < -0.4 is 3.58 Å². The number of hydrogen-bond donors (Lipinski definition) is 0. The molecule has 165 valence electrons. The van der Waals surface area contributed by atoms with Gasteiger partial charge in [-0.05, 0) is 0 Å². The fourth-order valence-electron chi connectivity index (χ4n) is 5.09. The molecule has 0 aromatic heterocycles. The minimum absolute atomic E-state index is 1.30. The molecule has 5 aromatic carbocycles. The summed E-state index contributed by atoms with van der Waals surface area (Å²) in [7, 11) is 0. The molecule has 0 saturated carbocycles. The summed E-state index contributed by atoms with van der Waals surface area (Å²) in [5.41, 5.74) is 8.10. The van der Waals surface area contributed by atoms with Crippen molar-refractivity contribution in [2.24, 2.45) is 0 Å². The summed E-state index contributed by atoms with van der Waals surface area (Å²) in [6, 6.07) is 55.4. The van der Waals surface area contributed by atoms with E-state index in [-0.39, 0.29) is 0 Å². The molecule has 6 rings (SSSR count). The summed E-state index contributed by atoms with van der Waals surface area (Å²) in [6.45, 7) is 0. The predicted molar refractivity (Wildman–Crippen MR) is 151 cm³/mol. The zero-order valence-electron chi connectivity index (χ0n) is 19.4. The standard InChI is InChI=1S/C28H20.C6H5.Sn/c1-5-13-23(14-6-1)21-27(25-17-9-3-10-18-25)28(26-19-11-4-12-20-26)22-24-15-7-2-8-16-24;1-2-4-6-5-3-1;/h1-20H;1-5H;. The molecule has 1 heteroatoms. The van der Waals surface area contributed by atoms with Crippen LogP contribution >= 0.6 is 0 Å². The molecule has 1 radical (unpaired) electrons. The molecule has 0 aliphatic carbocycles. The van der Waals surface area contributed by atoms with E-state index in [1.54, 1.807) is 7.18 Å². The van der Waals surface area contributed by atoms with E-state index in [2.05, 4.69) is 152 Å². The molecule has 0 amide bonds. The van der Waals surface area contributed by atoms with Crippen LogP contribution in [0.3, 0.4) is 0 Å². The molecule has 0 saturated heterocycles. The third-order valence-electron chi connectivity index (χ3n) is 6.56. The van der Waals surface area contributed by atoms with Crippen LogP contribution in [0.4, 0.5) is 0 Å². The molecule has 0 atom stereocenters. The average Bonchev–Trinajstić information content (AvgIpc) is 3.32. The van der Waals surface area contributed by atoms with Gasteiger partial charge in [0.25, 0.3) is 0 Å². The molecule has 0 nitrogen and oxygen atoms in total. The maximum atomic E-state index is 2.36. The predicted octanol–water partition coefficient (Wildman–Crippen LogP) is 7.70. The van der Waals surface area contributed by atoms with Gasteiger partial charge in [-0.3, -0.25) is 0 Å². The topological polar surface area (TPSA) is 0 Å². The molecule has 1 heterocycles. The van der Waals surface area contributed by atoms with E-state index in [0.29, 0.717) is 0 Å². The van der Waals surface area contributed by atoms with Crippen molar-refractivity contribution in [3.05, 3.63) is 174 Å². The number of hydrogen-bond acceptors (Lipinski definition) is 0. The summed E-state index contributed by atoms with van der Waals surface area (Å²) in [5, 5.41) is 0. The van der Waals surface area contributed by atoms with Crippen molar-refractivity contribution in [3.63, 3.8) is 0 Å². The van der Waals surface area contributed by atoms with Crippen LogP contribution in [0.1, 0.15) is 22.3 Å². The number of rotatable bonds is 5. The molecule has 0 unspecified atom stereocenters. The average molecular weight is 552 g/mol. The van der Waals surface area contributed by atoms with Gasteiger partial charge in [0.15, 0.2) is 0 Å². The van der Waals surface area contributed by atoms with Gasteiger partial charge in [-0.1, -0.05) is 0 Å². The first-order valence-electron chi connectivity index (χ1n) is 12.1. The van der Waals surface area contributed by atoms with Crippen molar-refractivity contribution in [2.45, 2.75) is 0 Å². The Hall–Kier alpha value is -3.62. The number of allylic oxidation sites excluding steroid dienone is 2. The monoisotopic (exact) mass is 553 g/mol. The molecule has 0 spiro atoms. The van der Waals surface area contributed by atoms with Crippen molar-refractivity contribution in [3.8, 4) is 0 Å². The second-order valence-electron chi connectivity index (χ2n) is 8.71. The summed E-state index contributed by atoms with van der Waals surface area (Å²) in [4.78, 5) is 0. The second kappa shape index (κ2) is 9.93. The molecule has 5 aromatic rings. The first-order chi connectivity index (χ1) is 17.4. The summed E-state index contributed by atoms with van der Waals surface area (Å²) in [5.74, 6) is 0. The summed E-state index contributed by atoms with van der Waals surface area (Å²) >= 11 is -2.62. The van der Waals surface area contributed by atoms with E-state index in [0.717, 1.165) is 0 Å².